The van der Waals surface area contributed by atoms with E-state index in [9.17, 15) is 14.4 Å². The van der Waals surface area contributed by atoms with Gasteiger partial charge in [0.15, 0.2) is 0 Å². The Morgan fingerprint density at radius 2 is 1.83 bits per heavy atom. The molecule has 0 amide bonds. The third-order valence-electron chi connectivity index (χ3n) is 5.26. The quantitative estimate of drug-likeness (QED) is 0.181. The molecule has 1 aromatic carbocycles. The van der Waals surface area contributed by atoms with Crippen molar-refractivity contribution in [3.63, 3.8) is 0 Å². The fraction of sp³-hybridized carbons (Fsp3) is 0.429. The number of carbonyl (C=O) groups is 1. The summed E-state index contributed by atoms with van der Waals surface area (Å²) >= 11 is 6.25. The fourth-order valence-electron chi connectivity index (χ4n) is 3.37. The van der Waals surface area contributed by atoms with E-state index in [4.69, 9.17) is 30.1 Å². The molecule has 0 aliphatic rings. The zero-order valence-corrected chi connectivity index (χ0v) is 25.8. The molecule has 3 atom stereocenters. The van der Waals surface area contributed by atoms with E-state index in [1.807, 2.05) is 32.9 Å². The maximum Gasteiger partial charge on any atom is 0.330 e. The van der Waals surface area contributed by atoms with Crippen LogP contribution in [0.2, 0.25) is 5.02 Å². The molecule has 0 aliphatic heterocycles. The lowest BCUT2D eigenvalue weighted by Gasteiger charge is -2.25. The van der Waals surface area contributed by atoms with Gasteiger partial charge < -0.3 is 18.5 Å². The van der Waals surface area contributed by atoms with Crippen LogP contribution in [0.4, 0.5) is 0 Å². The molecule has 0 spiro atoms. The number of nitrogens with one attached hydrogen (secondary N) is 2. The fourth-order valence-corrected chi connectivity index (χ4v) is 4.68. The lowest BCUT2D eigenvalue weighted by atomic mass is 10.1. The van der Waals surface area contributed by atoms with Gasteiger partial charge in [0, 0.05) is 24.0 Å². The van der Waals surface area contributed by atoms with Crippen molar-refractivity contribution in [2.45, 2.75) is 66.4 Å². The van der Waals surface area contributed by atoms with Crippen molar-refractivity contribution < 1.29 is 23.3 Å². The predicted molar refractivity (Wildman–Crippen MR) is 160 cm³/mol. The Bertz CT molecular complexity index is 1330. The Morgan fingerprint density at radius 1 is 1.12 bits per heavy atom. The van der Waals surface area contributed by atoms with Gasteiger partial charge in [0.2, 0.25) is 0 Å². The number of ether oxygens (including phenoxy) is 2. The monoisotopic (exact) mass is 608 g/mol. The number of hydrogen-bond acceptors (Lipinski definition) is 9. The van der Waals surface area contributed by atoms with E-state index in [0.717, 1.165) is 5.56 Å². The van der Waals surface area contributed by atoms with Crippen LogP contribution in [0.1, 0.15) is 54.2 Å². The Hall–Kier alpha value is -3.08. The zero-order valence-electron chi connectivity index (χ0n) is 24.1. The average Bonchev–Trinajstić information content (AvgIpc) is 2.95. The third-order valence-corrected chi connectivity index (χ3v) is 6.74. The summed E-state index contributed by atoms with van der Waals surface area (Å²) in [4.78, 5) is 42.1. The molecule has 41 heavy (non-hydrogen) atoms. The number of H-pyrrole nitrogens is 1. The number of aromatic amines is 1. The van der Waals surface area contributed by atoms with Crippen LogP contribution in [0.25, 0.3) is 11.3 Å². The van der Waals surface area contributed by atoms with Crippen molar-refractivity contribution >= 4 is 26.1 Å². The van der Waals surface area contributed by atoms with Crippen LogP contribution in [0.15, 0.2) is 64.4 Å². The Balaban J connectivity index is 0.00000287. The molecule has 11 nitrogen and oxygen atoms in total. The normalized spacial score (nSPS) is 13.1. The summed E-state index contributed by atoms with van der Waals surface area (Å²) in [6.07, 6.45) is 2.29. The van der Waals surface area contributed by atoms with E-state index in [1.165, 1.54) is 16.8 Å². The first-order valence-electron chi connectivity index (χ1n) is 13.4. The van der Waals surface area contributed by atoms with E-state index in [2.05, 4.69) is 15.1 Å². The number of esters is 1. The first-order chi connectivity index (χ1) is 19.7. The maximum absolute atomic E-state index is 12.1. The third kappa shape index (κ3) is 11.4. The minimum atomic E-state index is -1.78. The first kappa shape index (κ1) is 34.1. The summed E-state index contributed by atoms with van der Waals surface area (Å²) in [7, 11) is -1.78. The molecule has 2 aromatic heterocycles. The summed E-state index contributed by atoms with van der Waals surface area (Å²) in [5.41, 5.74) is 0.409. The summed E-state index contributed by atoms with van der Waals surface area (Å²) < 4.78 is 24.5. The number of halogens is 1. The van der Waals surface area contributed by atoms with Gasteiger partial charge in [-0.15, -0.1) is 0 Å². The molecule has 3 rings (SSSR count). The molecule has 2 heterocycles. The molecule has 2 N–H and O–H groups in total. The van der Waals surface area contributed by atoms with E-state index >= 15 is 0 Å². The second-order valence-electron chi connectivity index (χ2n) is 8.66. The Kier molecular flexibility index (Phi) is 14.7. The van der Waals surface area contributed by atoms with Crippen LogP contribution < -0.4 is 20.9 Å². The van der Waals surface area contributed by atoms with E-state index in [1.54, 1.807) is 51.2 Å². The predicted octanol–water partition coefficient (Wildman–Crippen LogP) is 5.46. The van der Waals surface area contributed by atoms with E-state index in [0.29, 0.717) is 22.9 Å². The Labute approximate surface area is 246 Å². The van der Waals surface area contributed by atoms with Crippen LogP contribution in [-0.4, -0.2) is 45.9 Å². The summed E-state index contributed by atoms with van der Waals surface area (Å²) in [5.74, 6) is 0.0583. The average molecular weight is 609 g/mol. The molecular weight excluding hydrogens is 571 g/mol. The first-order valence-corrected chi connectivity index (χ1v) is 14.9. The smallest absolute Gasteiger partial charge is 0.330 e. The molecule has 13 heteroatoms. The SMILES string of the molecule is CC.CCC(COP(NCC(=O)OC(C)C)Oc1ccc(-c2ncccc2Cl)cc1)OC(C)n1ccc(=O)[nH]c1=O. The molecule has 0 bridgehead atoms. The topological polar surface area (TPSA) is 134 Å². The second-order valence-corrected chi connectivity index (χ2v) is 10.3. The molecule has 0 saturated carbocycles. The Morgan fingerprint density at radius 3 is 2.44 bits per heavy atom. The zero-order chi connectivity index (χ0) is 30.4. The van der Waals surface area contributed by atoms with Gasteiger partial charge in [-0.3, -0.25) is 24.1 Å². The van der Waals surface area contributed by atoms with E-state index < -0.39 is 38.1 Å². The molecule has 0 saturated heterocycles. The summed E-state index contributed by atoms with van der Waals surface area (Å²) in [6, 6.07) is 11.9. The van der Waals surface area contributed by atoms with Gasteiger partial charge in [-0.05, 0) is 63.6 Å². The molecule has 224 valence electrons. The molecule has 0 radical (unpaired) electrons. The van der Waals surface area contributed by atoms with Crippen molar-refractivity contribution in [2.75, 3.05) is 13.2 Å². The minimum absolute atomic E-state index is 0.110. The lowest BCUT2D eigenvalue weighted by Crippen LogP contribution is -2.34. The van der Waals surface area contributed by atoms with Crippen molar-refractivity contribution in [3.05, 3.63) is 80.7 Å². The van der Waals surface area contributed by atoms with Gasteiger partial charge in [0.25, 0.3) is 5.56 Å². The number of carbonyl (C=O) groups excluding carboxylic acids is 1. The van der Waals surface area contributed by atoms with Gasteiger partial charge in [-0.25, -0.2) is 9.88 Å². The van der Waals surface area contributed by atoms with Crippen LogP contribution in [0, 0.1) is 0 Å². The number of pyridine rings is 1. The standard InChI is InChI=1S/C26H32ClN4O7P.C2H6/c1-5-20(37-18(4)31-14-12-23(32)30-26(31)34)16-35-39(29-15-24(33)36-17(2)3)38-21-10-8-19(9-11-21)25-22(27)7-6-13-28-25;1-2/h6-14,17-18,20,29H,5,15-16H2,1-4H3,(H,30,32,34);1-2H3. The largest absolute Gasteiger partial charge is 0.462 e. The van der Waals surface area contributed by atoms with Gasteiger partial charge in [0.05, 0.1) is 29.5 Å². The number of rotatable bonds is 14. The number of benzene rings is 1. The summed E-state index contributed by atoms with van der Waals surface area (Å²) in [5, 5.41) is 3.50. The van der Waals surface area contributed by atoms with Crippen molar-refractivity contribution in [1.82, 2.24) is 19.6 Å². The number of nitrogens with zero attached hydrogens (tertiary/aromatic N) is 2. The van der Waals surface area contributed by atoms with Crippen molar-refractivity contribution in [1.29, 1.82) is 0 Å². The van der Waals surface area contributed by atoms with Crippen LogP contribution in [0.3, 0.4) is 0 Å². The van der Waals surface area contributed by atoms with Gasteiger partial charge >= 0.3 is 20.2 Å². The highest BCUT2D eigenvalue weighted by Crippen LogP contribution is 2.37. The van der Waals surface area contributed by atoms with Gasteiger partial charge in [-0.2, -0.15) is 0 Å². The van der Waals surface area contributed by atoms with Crippen molar-refractivity contribution in [2.24, 2.45) is 0 Å². The van der Waals surface area contributed by atoms with Crippen LogP contribution >= 0.6 is 20.1 Å². The highest BCUT2D eigenvalue weighted by Gasteiger charge is 2.21. The molecule has 3 unspecified atom stereocenters. The molecular formula is C28H38ClN4O7P. The summed E-state index contributed by atoms with van der Waals surface area (Å²) in [6.45, 7) is 11.1. The second kappa shape index (κ2) is 17.7. The van der Waals surface area contributed by atoms with E-state index in [-0.39, 0.29) is 19.3 Å². The lowest BCUT2D eigenvalue weighted by molar-refractivity contribution is -0.145. The van der Waals surface area contributed by atoms with Crippen LogP contribution in [0.5, 0.6) is 5.75 Å². The number of aromatic nitrogens is 3. The maximum atomic E-state index is 12.1. The molecule has 0 aliphatic carbocycles. The minimum Gasteiger partial charge on any atom is -0.462 e. The van der Waals surface area contributed by atoms with Gasteiger partial charge in [0.1, 0.15) is 18.5 Å². The number of hydrogen-bond donors (Lipinski definition) is 2. The molecule has 0 fully saturated rings. The van der Waals surface area contributed by atoms with Gasteiger partial charge in [-0.1, -0.05) is 32.4 Å². The van der Waals surface area contributed by atoms with Crippen LogP contribution in [-0.2, 0) is 18.8 Å². The highest BCUT2D eigenvalue weighted by atomic mass is 35.5. The van der Waals surface area contributed by atoms with Crippen molar-refractivity contribution in [3.8, 4) is 17.0 Å². The highest BCUT2D eigenvalue weighted by molar-refractivity contribution is 7.45. The molecule has 3 aromatic rings.